The van der Waals surface area contributed by atoms with Gasteiger partial charge in [0.05, 0.1) is 24.4 Å². The zero-order valence-corrected chi connectivity index (χ0v) is 16.9. The van der Waals surface area contributed by atoms with Gasteiger partial charge in [0.25, 0.3) is 11.8 Å². The number of methoxy groups -OCH3 is 1. The van der Waals surface area contributed by atoms with Crippen LogP contribution in [0.2, 0.25) is 0 Å². The number of hydrogen-bond donors (Lipinski definition) is 2. The van der Waals surface area contributed by atoms with Crippen LogP contribution in [0.3, 0.4) is 0 Å². The highest BCUT2D eigenvalue weighted by molar-refractivity contribution is 7.12. The van der Waals surface area contributed by atoms with Crippen molar-refractivity contribution in [3.63, 3.8) is 0 Å². The van der Waals surface area contributed by atoms with E-state index in [4.69, 9.17) is 4.74 Å². The molecule has 1 unspecified atom stereocenters. The van der Waals surface area contributed by atoms with Gasteiger partial charge in [0, 0.05) is 11.3 Å². The van der Waals surface area contributed by atoms with Crippen molar-refractivity contribution in [3.8, 4) is 0 Å². The molecule has 6 nitrogen and oxygen atoms in total. The maximum atomic E-state index is 13.2. The lowest BCUT2D eigenvalue weighted by molar-refractivity contribution is -0.141. The Hall–Kier alpha value is -3.52. The second-order valence-corrected chi connectivity index (χ2v) is 7.31. The van der Waals surface area contributed by atoms with Crippen molar-refractivity contribution in [2.45, 2.75) is 12.5 Å². The smallest absolute Gasteiger partial charge is 0.307 e. The maximum absolute atomic E-state index is 13.2. The minimum atomic E-state index is -0.677. The molecule has 0 aliphatic carbocycles. The van der Waals surface area contributed by atoms with Crippen molar-refractivity contribution >= 4 is 34.8 Å². The first-order chi connectivity index (χ1) is 14.5. The topological polar surface area (TPSA) is 84.5 Å². The van der Waals surface area contributed by atoms with Crippen molar-refractivity contribution in [1.82, 2.24) is 5.32 Å². The molecule has 3 rings (SSSR count). The highest BCUT2D eigenvalue weighted by atomic mass is 32.1. The molecule has 0 fully saturated rings. The number of nitrogens with one attached hydrogen (secondary N) is 2. The van der Waals surface area contributed by atoms with E-state index in [2.05, 4.69) is 10.6 Å². The highest BCUT2D eigenvalue weighted by Gasteiger charge is 2.20. The van der Waals surface area contributed by atoms with Gasteiger partial charge >= 0.3 is 5.97 Å². The minimum absolute atomic E-state index is 0.0944. The summed E-state index contributed by atoms with van der Waals surface area (Å²) >= 11 is 1.33. The van der Waals surface area contributed by atoms with E-state index < -0.39 is 23.7 Å². The summed E-state index contributed by atoms with van der Waals surface area (Å²) in [7, 11) is 1.26. The van der Waals surface area contributed by atoms with Crippen LogP contribution in [0.15, 0.2) is 66.0 Å². The number of benzene rings is 2. The molecule has 0 spiro atoms. The molecule has 1 heterocycles. The summed E-state index contributed by atoms with van der Waals surface area (Å²) in [5, 5.41) is 7.34. The van der Waals surface area contributed by atoms with Crippen molar-refractivity contribution < 1.29 is 23.5 Å². The van der Waals surface area contributed by atoms with Crippen LogP contribution in [-0.2, 0) is 9.53 Å². The molecule has 2 N–H and O–H groups in total. The third kappa shape index (κ3) is 5.51. The summed E-state index contributed by atoms with van der Waals surface area (Å²) < 4.78 is 17.9. The van der Waals surface area contributed by atoms with E-state index in [0.717, 1.165) is 0 Å². The predicted octanol–water partition coefficient (Wildman–Crippen LogP) is 4.17. The maximum Gasteiger partial charge on any atom is 0.307 e. The van der Waals surface area contributed by atoms with Crippen LogP contribution >= 0.6 is 11.3 Å². The van der Waals surface area contributed by atoms with E-state index in [9.17, 15) is 18.8 Å². The third-order valence-electron chi connectivity index (χ3n) is 4.33. The van der Waals surface area contributed by atoms with Gasteiger partial charge in [-0.05, 0) is 53.4 Å². The first-order valence-corrected chi connectivity index (χ1v) is 9.92. The number of esters is 1. The molecule has 0 radical (unpaired) electrons. The van der Waals surface area contributed by atoms with E-state index in [0.29, 0.717) is 21.7 Å². The van der Waals surface area contributed by atoms with Gasteiger partial charge in [-0.15, -0.1) is 11.3 Å². The number of thiophene rings is 1. The van der Waals surface area contributed by atoms with E-state index in [1.54, 1.807) is 36.4 Å². The molecule has 0 aliphatic heterocycles. The molecule has 30 heavy (non-hydrogen) atoms. The van der Waals surface area contributed by atoms with Crippen LogP contribution < -0.4 is 10.6 Å². The van der Waals surface area contributed by atoms with Gasteiger partial charge in [0.2, 0.25) is 0 Å². The Bertz CT molecular complexity index is 1020. The van der Waals surface area contributed by atoms with Gasteiger partial charge in [0.1, 0.15) is 5.82 Å². The van der Waals surface area contributed by atoms with E-state index in [1.165, 1.54) is 42.7 Å². The summed E-state index contributed by atoms with van der Waals surface area (Å²) in [6.45, 7) is 0. The molecule has 0 bridgehead atoms. The number of hydrogen-bond acceptors (Lipinski definition) is 5. The van der Waals surface area contributed by atoms with E-state index in [-0.39, 0.29) is 12.3 Å². The zero-order chi connectivity index (χ0) is 21.5. The summed E-state index contributed by atoms with van der Waals surface area (Å²) in [5.74, 6) is -1.56. The number of halogens is 1. The van der Waals surface area contributed by atoms with E-state index >= 15 is 0 Å². The van der Waals surface area contributed by atoms with Crippen molar-refractivity contribution in [2.24, 2.45) is 0 Å². The molecule has 0 aliphatic rings. The van der Waals surface area contributed by atoms with Gasteiger partial charge in [-0.25, -0.2) is 4.39 Å². The monoisotopic (exact) mass is 426 g/mol. The zero-order valence-electron chi connectivity index (χ0n) is 16.1. The average molecular weight is 426 g/mol. The predicted molar refractivity (Wildman–Crippen MR) is 112 cm³/mol. The van der Waals surface area contributed by atoms with Crippen LogP contribution in [0.4, 0.5) is 10.1 Å². The number of rotatable bonds is 7. The average Bonchev–Trinajstić information content (AvgIpc) is 3.29. The number of carbonyl (C=O) groups excluding carboxylic acids is 3. The Balaban J connectivity index is 1.69. The van der Waals surface area contributed by atoms with Crippen LogP contribution in [-0.4, -0.2) is 24.9 Å². The van der Waals surface area contributed by atoms with Gasteiger partial charge in [-0.2, -0.15) is 0 Å². The molecule has 8 heteroatoms. The second kappa shape index (κ2) is 9.80. The summed E-state index contributed by atoms with van der Waals surface area (Å²) in [6, 6.07) is 14.7. The number of ether oxygens (including phenoxy) is 1. The molecule has 0 saturated heterocycles. The third-order valence-corrected chi connectivity index (χ3v) is 5.19. The summed E-state index contributed by atoms with van der Waals surface area (Å²) in [5.41, 5.74) is 1.48. The quantitative estimate of drug-likeness (QED) is 0.556. The number of amides is 2. The minimum Gasteiger partial charge on any atom is -0.469 e. The molecule has 2 aromatic carbocycles. The lowest BCUT2D eigenvalue weighted by Crippen LogP contribution is -2.30. The largest absolute Gasteiger partial charge is 0.469 e. The SMILES string of the molecule is COC(=O)CC(NC(=O)c1ccc(NC(=O)c2cccs2)cc1)c1ccc(F)cc1. The highest BCUT2D eigenvalue weighted by Crippen LogP contribution is 2.20. The molecule has 1 atom stereocenters. The first-order valence-electron chi connectivity index (χ1n) is 9.04. The van der Waals surface area contributed by atoms with Crippen LogP contribution in [0, 0.1) is 5.82 Å². The van der Waals surface area contributed by atoms with Gasteiger partial charge in [0.15, 0.2) is 0 Å². The molecule has 2 amide bonds. The first kappa shape index (κ1) is 21.2. The lowest BCUT2D eigenvalue weighted by Gasteiger charge is -2.18. The molecular formula is C22H19FN2O4S. The fraction of sp³-hybridized carbons (Fsp3) is 0.136. The second-order valence-electron chi connectivity index (χ2n) is 6.37. The summed E-state index contributed by atoms with van der Waals surface area (Å²) in [4.78, 5) is 37.1. The summed E-state index contributed by atoms with van der Waals surface area (Å²) in [6.07, 6.45) is -0.0944. The molecular weight excluding hydrogens is 407 g/mol. The van der Waals surface area contributed by atoms with Crippen molar-refractivity contribution in [1.29, 1.82) is 0 Å². The molecule has 1 aromatic heterocycles. The molecule has 154 valence electrons. The Morgan fingerprint density at radius 3 is 2.30 bits per heavy atom. The van der Waals surface area contributed by atoms with Crippen LogP contribution in [0.5, 0.6) is 0 Å². The fourth-order valence-corrected chi connectivity index (χ4v) is 3.36. The van der Waals surface area contributed by atoms with Gasteiger partial charge in [-0.1, -0.05) is 18.2 Å². The number of carbonyl (C=O) groups is 3. The Morgan fingerprint density at radius 1 is 1.00 bits per heavy atom. The normalized spacial score (nSPS) is 11.4. The Kier molecular flexibility index (Phi) is 6.92. The standard InChI is InChI=1S/C22H19FN2O4S/c1-29-20(26)13-18(14-4-8-16(23)9-5-14)25-21(27)15-6-10-17(11-7-15)24-22(28)19-3-2-12-30-19/h2-12,18H,13H2,1H3,(H,24,28)(H,25,27). The van der Waals surface area contributed by atoms with Gasteiger partial charge < -0.3 is 15.4 Å². The van der Waals surface area contributed by atoms with Crippen LogP contribution in [0.1, 0.15) is 38.1 Å². The van der Waals surface area contributed by atoms with Crippen molar-refractivity contribution in [3.05, 3.63) is 87.9 Å². The Labute approximate surface area is 176 Å². The number of anilines is 1. The van der Waals surface area contributed by atoms with Crippen molar-refractivity contribution in [2.75, 3.05) is 12.4 Å². The molecule has 0 saturated carbocycles. The van der Waals surface area contributed by atoms with Gasteiger partial charge in [-0.3, -0.25) is 14.4 Å². The van der Waals surface area contributed by atoms with Crippen LogP contribution in [0.25, 0.3) is 0 Å². The fourth-order valence-electron chi connectivity index (χ4n) is 2.74. The lowest BCUT2D eigenvalue weighted by atomic mass is 10.0. The molecule has 3 aromatic rings. The van der Waals surface area contributed by atoms with E-state index in [1.807, 2.05) is 5.38 Å². The Morgan fingerprint density at radius 2 is 1.70 bits per heavy atom.